The number of nitrogens with two attached hydrogens (primary N) is 1. The number of hydrogen-bond acceptors (Lipinski definition) is 4. The highest BCUT2D eigenvalue weighted by Crippen LogP contribution is 2.20. The summed E-state index contributed by atoms with van der Waals surface area (Å²) in [6.07, 6.45) is 0. The van der Waals surface area contributed by atoms with Crippen molar-refractivity contribution in [2.45, 2.75) is 6.54 Å². The van der Waals surface area contributed by atoms with E-state index in [1.807, 2.05) is 42.5 Å². The SMILES string of the molecule is NCc1ccc(C(=O)NCCN2CCN(c3cccc(Cl)c3)CC2)cc1. The zero-order valence-electron chi connectivity index (χ0n) is 14.8. The second-order valence-electron chi connectivity index (χ2n) is 6.47. The minimum absolute atomic E-state index is 0.0360. The second kappa shape index (κ2) is 9.03. The number of carbonyl (C=O) groups excluding carboxylic acids is 1. The Bertz CT molecular complexity index is 727. The van der Waals surface area contributed by atoms with Crippen molar-refractivity contribution in [3.63, 3.8) is 0 Å². The fraction of sp³-hybridized carbons (Fsp3) is 0.350. The van der Waals surface area contributed by atoms with Crippen LogP contribution in [0.5, 0.6) is 0 Å². The Morgan fingerprint density at radius 1 is 1.08 bits per heavy atom. The summed E-state index contributed by atoms with van der Waals surface area (Å²) in [5.41, 5.74) is 8.45. The van der Waals surface area contributed by atoms with Gasteiger partial charge in [-0.25, -0.2) is 0 Å². The molecule has 26 heavy (non-hydrogen) atoms. The highest BCUT2D eigenvalue weighted by atomic mass is 35.5. The summed E-state index contributed by atoms with van der Waals surface area (Å²) < 4.78 is 0. The van der Waals surface area contributed by atoms with Gasteiger partial charge in [-0.15, -0.1) is 0 Å². The monoisotopic (exact) mass is 372 g/mol. The van der Waals surface area contributed by atoms with Gasteiger partial charge in [0.25, 0.3) is 5.91 Å². The van der Waals surface area contributed by atoms with Crippen molar-refractivity contribution >= 4 is 23.2 Å². The normalized spacial score (nSPS) is 15.1. The predicted octanol–water partition coefficient (Wildman–Crippen LogP) is 2.35. The molecule has 1 fully saturated rings. The van der Waals surface area contributed by atoms with Gasteiger partial charge in [-0.05, 0) is 35.9 Å². The highest BCUT2D eigenvalue weighted by Gasteiger charge is 2.17. The molecule has 0 unspecified atom stereocenters. The van der Waals surface area contributed by atoms with Crippen molar-refractivity contribution in [1.82, 2.24) is 10.2 Å². The molecule has 1 saturated heterocycles. The molecule has 3 N–H and O–H groups in total. The molecule has 0 saturated carbocycles. The van der Waals surface area contributed by atoms with E-state index in [0.29, 0.717) is 18.7 Å². The smallest absolute Gasteiger partial charge is 0.251 e. The van der Waals surface area contributed by atoms with Crippen LogP contribution >= 0.6 is 11.6 Å². The van der Waals surface area contributed by atoms with Crippen LogP contribution in [-0.4, -0.2) is 50.1 Å². The molecule has 2 aromatic carbocycles. The first-order valence-corrected chi connectivity index (χ1v) is 9.33. The van der Waals surface area contributed by atoms with Crippen LogP contribution in [-0.2, 0) is 6.54 Å². The Balaban J connectivity index is 1.40. The molecule has 0 aliphatic carbocycles. The van der Waals surface area contributed by atoms with E-state index in [1.165, 1.54) is 5.69 Å². The molecule has 0 aromatic heterocycles. The molecular formula is C20H25ClN4O. The lowest BCUT2D eigenvalue weighted by Gasteiger charge is -2.36. The van der Waals surface area contributed by atoms with Gasteiger partial charge in [0, 0.05) is 62.1 Å². The van der Waals surface area contributed by atoms with E-state index in [1.54, 1.807) is 0 Å². The molecule has 1 aliphatic heterocycles. The van der Waals surface area contributed by atoms with Crippen LogP contribution in [0, 0.1) is 0 Å². The van der Waals surface area contributed by atoms with Gasteiger partial charge in [-0.2, -0.15) is 0 Å². The van der Waals surface area contributed by atoms with E-state index in [-0.39, 0.29) is 5.91 Å². The van der Waals surface area contributed by atoms with Crippen LogP contribution in [0.1, 0.15) is 15.9 Å². The summed E-state index contributed by atoms with van der Waals surface area (Å²) in [7, 11) is 0. The molecule has 138 valence electrons. The summed E-state index contributed by atoms with van der Waals surface area (Å²) in [4.78, 5) is 16.9. The Hall–Kier alpha value is -2.08. The number of piperazine rings is 1. The topological polar surface area (TPSA) is 61.6 Å². The fourth-order valence-electron chi connectivity index (χ4n) is 3.12. The van der Waals surface area contributed by atoms with Gasteiger partial charge in [-0.3, -0.25) is 9.69 Å². The number of rotatable bonds is 6. The molecule has 5 nitrogen and oxygen atoms in total. The zero-order chi connectivity index (χ0) is 18.4. The summed E-state index contributed by atoms with van der Waals surface area (Å²) in [6.45, 7) is 5.89. The number of benzene rings is 2. The second-order valence-corrected chi connectivity index (χ2v) is 6.90. The van der Waals surface area contributed by atoms with E-state index in [2.05, 4.69) is 21.2 Å². The van der Waals surface area contributed by atoms with E-state index in [0.717, 1.165) is 43.3 Å². The molecular weight excluding hydrogens is 348 g/mol. The van der Waals surface area contributed by atoms with E-state index < -0.39 is 0 Å². The first-order chi connectivity index (χ1) is 12.7. The number of amides is 1. The maximum Gasteiger partial charge on any atom is 0.251 e. The zero-order valence-corrected chi connectivity index (χ0v) is 15.6. The molecule has 0 spiro atoms. The Morgan fingerprint density at radius 2 is 1.81 bits per heavy atom. The average molecular weight is 373 g/mol. The van der Waals surface area contributed by atoms with Gasteiger partial charge in [0.05, 0.1) is 0 Å². The highest BCUT2D eigenvalue weighted by molar-refractivity contribution is 6.30. The third-order valence-corrected chi connectivity index (χ3v) is 4.95. The number of nitrogens with one attached hydrogen (secondary N) is 1. The molecule has 1 amide bonds. The molecule has 6 heteroatoms. The van der Waals surface area contributed by atoms with E-state index in [9.17, 15) is 4.79 Å². The van der Waals surface area contributed by atoms with Crippen molar-refractivity contribution in [1.29, 1.82) is 0 Å². The number of halogens is 1. The summed E-state index contributed by atoms with van der Waals surface area (Å²) >= 11 is 6.07. The lowest BCUT2D eigenvalue weighted by atomic mass is 10.1. The van der Waals surface area contributed by atoms with Crippen molar-refractivity contribution < 1.29 is 4.79 Å². The van der Waals surface area contributed by atoms with Crippen molar-refractivity contribution in [2.24, 2.45) is 5.73 Å². The van der Waals surface area contributed by atoms with Crippen LogP contribution in [0.2, 0.25) is 5.02 Å². The molecule has 1 aliphatic rings. The number of nitrogens with zero attached hydrogens (tertiary/aromatic N) is 2. The number of carbonyl (C=O) groups is 1. The maximum absolute atomic E-state index is 12.2. The largest absolute Gasteiger partial charge is 0.369 e. The minimum Gasteiger partial charge on any atom is -0.369 e. The average Bonchev–Trinajstić information content (AvgIpc) is 2.68. The third kappa shape index (κ3) is 4.97. The predicted molar refractivity (Wildman–Crippen MR) is 107 cm³/mol. The Kier molecular flexibility index (Phi) is 6.50. The lowest BCUT2D eigenvalue weighted by Crippen LogP contribution is -2.48. The molecule has 0 radical (unpaired) electrons. The molecule has 3 rings (SSSR count). The summed E-state index contributed by atoms with van der Waals surface area (Å²) in [6, 6.07) is 15.4. The standard InChI is InChI=1S/C20H25ClN4O/c21-18-2-1-3-19(14-18)25-12-10-24(11-13-25)9-8-23-20(26)17-6-4-16(15-22)5-7-17/h1-7,14H,8-13,15,22H2,(H,23,26). The summed E-state index contributed by atoms with van der Waals surface area (Å²) in [5, 5.41) is 3.76. The number of hydrogen-bond donors (Lipinski definition) is 2. The first-order valence-electron chi connectivity index (χ1n) is 8.96. The molecule has 2 aromatic rings. The van der Waals surface area contributed by atoms with Crippen LogP contribution in [0.25, 0.3) is 0 Å². The van der Waals surface area contributed by atoms with Crippen molar-refractivity contribution in [2.75, 3.05) is 44.2 Å². The van der Waals surface area contributed by atoms with Gasteiger partial charge in [-0.1, -0.05) is 29.8 Å². The fourth-order valence-corrected chi connectivity index (χ4v) is 3.31. The van der Waals surface area contributed by atoms with Crippen LogP contribution in [0.4, 0.5) is 5.69 Å². The van der Waals surface area contributed by atoms with Gasteiger partial charge < -0.3 is 16.0 Å². The third-order valence-electron chi connectivity index (χ3n) is 4.71. The number of anilines is 1. The van der Waals surface area contributed by atoms with Gasteiger partial charge >= 0.3 is 0 Å². The van der Waals surface area contributed by atoms with Gasteiger partial charge in [0.1, 0.15) is 0 Å². The van der Waals surface area contributed by atoms with Crippen molar-refractivity contribution in [3.05, 3.63) is 64.7 Å². The quantitative estimate of drug-likeness (QED) is 0.817. The van der Waals surface area contributed by atoms with E-state index >= 15 is 0 Å². The molecule has 0 bridgehead atoms. The summed E-state index contributed by atoms with van der Waals surface area (Å²) in [5.74, 6) is -0.0360. The van der Waals surface area contributed by atoms with Gasteiger partial charge in [0.2, 0.25) is 0 Å². The Morgan fingerprint density at radius 3 is 2.46 bits per heavy atom. The van der Waals surface area contributed by atoms with Crippen molar-refractivity contribution in [3.8, 4) is 0 Å². The first kappa shape index (κ1) is 18.7. The molecule has 1 heterocycles. The van der Waals surface area contributed by atoms with Crippen LogP contribution in [0.3, 0.4) is 0 Å². The van der Waals surface area contributed by atoms with Crippen LogP contribution < -0.4 is 16.0 Å². The lowest BCUT2D eigenvalue weighted by molar-refractivity contribution is 0.0948. The van der Waals surface area contributed by atoms with E-state index in [4.69, 9.17) is 17.3 Å². The minimum atomic E-state index is -0.0360. The maximum atomic E-state index is 12.2. The van der Waals surface area contributed by atoms with Crippen LogP contribution in [0.15, 0.2) is 48.5 Å². The Labute approximate surface area is 159 Å². The van der Waals surface area contributed by atoms with Gasteiger partial charge in [0.15, 0.2) is 0 Å². The molecule has 0 atom stereocenters.